The molecule has 0 aliphatic heterocycles. The Hall–Kier alpha value is -2.41. The molecule has 94 valence electrons. The first-order valence-electron chi connectivity index (χ1n) is 5.16. The number of carbonyl (C=O) groups is 1. The van der Waals surface area contributed by atoms with Gasteiger partial charge in [0.2, 0.25) is 5.95 Å². The molecule has 2 aromatic rings. The van der Waals surface area contributed by atoms with Gasteiger partial charge in [0, 0.05) is 18.0 Å². The SMILES string of the molecule is CONc1ncc(C)c(-c2c[nH]c(C(=O)O)c2)n1. The van der Waals surface area contributed by atoms with E-state index in [2.05, 4.69) is 20.4 Å². The molecule has 0 saturated heterocycles. The number of H-pyrrole nitrogens is 1. The van der Waals surface area contributed by atoms with E-state index < -0.39 is 5.97 Å². The van der Waals surface area contributed by atoms with Crippen molar-refractivity contribution >= 4 is 11.9 Å². The summed E-state index contributed by atoms with van der Waals surface area (Å²) in [6.45, 7) is 1.85. The molecule has 2 aromatic heterocycles. The van der Waals surface area contributed by atoms with Gasteiger partial charge in [-0.1, -0.05) is 0 Å². The number of rotatable bonds is 4. The number of aromatic nitrogens is 3. The molecular weight excluding hydrogens is 236 g/mol. The molecule has 7 heteroatoms. The third-order valence-electron chi connectivity index (χ3n) is 2.35. The first-order chi connectivity index (χ1) is 8.61. The molecule has 0 fully saturated rings. The fourth-order valence-corrected chi connectivity index (χ4v) is 1.53. The number of nitrogens with one attached hydrogen (secondary N) is 2. The van der Waals surface area contributed by atoms with Gasteiger partial charge < -0.3 is 10.1 Å². The number of aromatic amines is 1. The van der Waals surface area contributed by atoms with Crippen LogP contribution in [0.4, 0.5) is 5.95 Å². The smallest absolute Gasteiger partial charge is 0.352 e. The second-order valence-corrected chi connectivity index (χ2v) is 3.64. The second-order valence-electron chi connectivity index (χ2n) is 3.64. The Morgan fingerprint density at radius 1 is 1.56 bits per heavy atom. The standard InChI is InChI=1S/C11H12N4O3/c1-6-4-13-11(15-18-2)14-9(6)7-3-8(10(16)17)12-5-7/h3-5,12H,1-2H3,(H,16,17)(H,13,14,15). The molecule has 0 aromatic carbocycles. The summed E-state index contributed by atoms with van der Waals surface area (Å²) < 4.78 is 0. The fraction of sp³-hybridized carbons (Fsp3) is 0.182. The molecule has 0 radical (unpaired) electrons. The van der Waals surface area contributed by atoms with Gasteiger partial charge in [0.1, 0.15) is 5.69 Å². The summed E-state index contributed by atoms with van der Waals surface area (Å²) in [6, 6.07) is 1.52. The first-order valence-corrected chi connectivity index (χ1v) is 5.16. The van der Waals surface area contributed by atoms with Crippen molar-refractivity contribution in [2.24, 2.45) is 0 Å². The largest absolute Gasteiger partial charge is 0.477 e. The molecule has 0 amide bonds. The van der Waals surface area contributed by atoms with Gasteiger partial charge in [-0.3, -0.25) is 4.84 Å². The van der Waals surface area contributed by atoms with Crippen molar-refractivity contribution in [3.05, 3.63) is 29.7 Å². The number of carboxylic acid groups (broad SMARTS) is 1. The Morgan fingerprint density at radius 2 is 2.33 bits per heavy atom. The van der Waals surface area contributed by atoms with E-state index in [9.17, 15) is 4.79 Å². The highest BCUT2D eigenvalue weighted by molar-refractivity contribution is 5.87. The minimum absolute atomic E-state index is 0.115. The van der Waals surface area contributed by atoms with E-state index in [1.165, 1.54) is 13.2 Å². The number of aryl methyl sites for hydroxylation is 1. The molecular formula is C11H12N4O3. The Kier molecular flexibility index (Phi) is 3.24. The minimum atomic E-state index is -1.01. The van der Waals surface area contributed by atoms with Crippen LogP contribution in [0.25, 0.3) is 11.3 Å². The lowest BCUT2D eigenvalue weighted by Gasteiger charge is -2.05. The minimum Gasteiger partial charge on any atom is -0.477 e. The molecule has 3 N–H and O–H groups in total. The van der Waals surface area contributed by atoms with Crippen LogP contribution in [0.15, 0.2) is 18.5 Å². The molecule has 0 atom stereocenters. The molecule has 18 heavy (non-hydrogen) atoms. The van der Waals surface area contributed by atoms with Crippen LogP contribution in [0.1, 0.15) is 16.1 Å². The summed E-state index contributed by atoms with van der Waals surface area (Å²) in [5.74, 6) is -0.695. The lowest BCUT2D eigenvalue weighted by atomic mass is 10.1. The number of hydrogen-bond acceptors (Lipinski definition) is 5. The molecule has 2 rings (SSSR count). The maximum atomic E-state index is 10.8. The Balaban J connectivity index is 2.41. The van der Waals surface area contributed by atoms with Crippen LogP contribution in [0.5, 0.6) is 0 Å². The number of anilines is 1. The van der Waals surface area contributed by atoms with Gasteiger partial charge >= 0.3 is 5.97 Å². The summed E-state index contributed by atoms with van der Waals surface area (Å²) in [7, 11) is 1.46. The third kappa shape index (κ3) is 2.30. The lowest BCUT2D eigenvalue weighted by Crippen LogP contribution is -2.02. The Bertz CT molecular complexity index is 579. The topological polar surface area (TPSA) is 100 Å². The van der Waals surface area contributed by atoms with Gasteiger partial charge in [-0.15, -0.1) is 0 Å². The van der Waals surface area contributed by atoms with E-state index >= 15 is 0 Å². The third-order valence-corrected chi connectivity index (χ3v) is 2.35. The molecule has 2 heterocycles. The predicted molar refractivity (Wildman–Crippen MR) is 64.1 cm³/mol. The van der Waals surface area contributed by atoms with Gasteiger partial charge in [0.25, 0.3) is 0 Å². The maximum absolute atomic E-state index is 10.8. The summed E-state index contributed by atoms with van der Waals surface area (Å²) in [6.07, 6.45) is 3.23. The van der Waals surface area contributed by atoms with Crippen molar-refractivity contribution in [1.29, 1.82) is 0 Å². The van der Waals surface area contributed by atoms with Gasteiger partial charge in [-0.05, 0) is 18.6 Å². The zero-order valence-corrected chi connectivity index (χ0v) is 9.89. The van der Waals surface area contributed by atoms with Crippen LogP contribution in [0, 0.1) is 6.92 Å². The average Bonchev–Trinajstić information content (AvgIpc) is 2.81. The number of hydrogen-bond donors (Lipinski definition) is 3. The van der Waals surface area contributed by atoms with Crippen molar-refractivity contribution in [2.45, 2.75) is 6.92 Å². The van der Waals surface area contributed by atoms with Gasteiger partial charge in [-0.2, -0.15) is 0 Å². The van der Waals surface area contributed by atoms with Crippen molar-refractivity contribution in [1.82, 2.24) is 15.0 Å². The van der Waals surface area contributed by atoms with Crippen LogP contribution in [0.3, 0.4) is 0 Å². The molecule has 0 aliphatic carbocycles. The quantitative estimate of drug-likeness (QED) is 0.708. The molecule has 7 nitrogen and oxygen atoms in total. The molecule has 0 aliphatic rings. The monoisotopic (exact) mass is 248 g/mol. The van der Waals surface area contributed by atoms with Gasteiger partial charge in [0.05, 0.1) is 12.8 Å². The fourth-order valence-electron chi connectivity index (χ4n) is 1.53. The summed E-state index contributed by atoms with van der Waals surface area (Å²) >= 11 is 0. The second kappa shape index (κ2) is 4.84. The van der Waals surface area contributed by atoms with Crippen molar-refractivity contribution in [3.8, 4) is 11.3 Å². The van der Waals surface area contributed by atoms with E-state index in [1.54, 1.807) is 12.4 Å². The molecule has 0 bridgehead atoms. The van der Waals surface area contributed by atoms with E-state index in [1.807, 2.05) is 6.92 Å². The van der Waals surface area contributed by atoms with Crippen molar-refractivity contribution in [3.63, 3.8) is 0 Å². The van der Waals surface area contributed by atoms with E-state index in [-0.39, 0.29) is 5.69 Å². The van der Waals surface area contributed by atoms with Crippen LogP contribution >= 0.6 is 0 Å². The molecule has 0 spiro atoms. The summed E-state index contributed by atoms with van der Waals surface area (Å²) in [5, 5.41) is 8.86. The number of carboxylic acids is 1. The number of nitrogens with zero attached hydrogens (tertiary/aromatic N) is 2. The average molecular weight is 248 g/mol. The van der Waals surface area contributed by atoms with Crippen LogP contribution in [-0.2, 0) is 4.84 Å². The highest BCUT2D eigenvalue weighted by atomic mass is 16.6. The molecule has 0 saturated carbocycles. The number of aromatic carboxylic acids is 1. The van der Waals surface area contributed by atoms with Crippen LogP contribution in [0.2, 0.25) is 0 Å². The zero-order valence-electron chi connectivity index (χ0n) is 9.89. The zero-order chi connectivity index (χ0) is 13.1. The van der Waals surface area contributed by atoms with Crippen molar-refractivity contribution < 1.29 is 14.7 Å². The first kappa shape index (κ1) is 12.1. The summed E-state index contributed by atoms with van der Waals surface area (Å²) in [5.41, 5.74) is 4.81. The van der Waals surface area contributed by atoms with Gasteiger partial charge in [-0.25, -0.2) is 20.2 Å². The highest BCUT2D eigenvalue weighted by Gasteiger charge is 2.11. The summed E-state index contributed by atoms with van der Waals surface area (Å²) in [4.78, 5) is 26.5. The van der Waals surface area contributed by atoms with E-state index in [0.29, 0.717) is 17.2 Å². The highest BCUT2D eigenvalue weighted by Crippen LogP contribution is 2.22. The normalized spacial score (nSPS) is 10.3. The molecule has 0 unspecified atom stereocenters. The predicted octanol–water partition coefficient (Wildman–Crippen LogP) is 1.45. The Morgan fingerprint density at radius 3 is 2.94 bits per heavy atom. The lowest BCUT2D eigenvalue weighted by molar-refractivity contribution is 0.0691. The Labute approximate surface area is 103 Å². The van der Waals surface area contributed by atoms with Crippen LogP contribution < -0.4 is 5.48 Å². The van der Waals surface area contributed by atoms with E-state index in [4.69, 9.17) is 9.94 Å². The van der Waals surface area contributed by atoms with E-state index in [0.717, 1.165) is 5.56 Å². The van der Waals surface area contributed by atoms with Gasteiger partial charge in [0.15, 0.2) is 0 Å². The maximum Gasteiger partial charge on any atom is 0.352 e. The van der Waals surface area contributed by atoms with Crippen LogP contribution in [-0.4, -0.2) is 33.1 Å². The van der Waals surface area contributed by atoms with Crippen molar-refractivity contribution in [2.75, 3.05) is 12.6 Å².